The highest BCUT2D eigenvalue weighted by Crippen LogP contribution is 2.31. The molecule has 2 amide bonds. The van der Waals surface area contributed by atoms with Crippen LogP contribution in [0.15, 0.2) is 40.9 Å². The van der Waals surface area contributed by atoms with Crippen molar-refractivity contribution in [2.75, 3.05) is 13.1 Å². The summed E-state index contributed by atoms with van der Waals surface area (Å²) in [6.07, 6.45) is 6.50. The zero-order valence-electron chi connectivity index (χ0n) is 16.7. The van der Waals surface area contributed by atoms with Gasteiger partial charge in [0.2, 0.25) is 0 Å². The third kappa shape index (κ3) is 3.63. The predicted octanol–water partition coefficient (Wildman–Crippen LogP) is 1.80. The number of thiophene rings is 1. The summed E-state index contributed by atoms with van der Waals surface area (Å²) in [5, 5.41) is 1.86. The Morgan fingerprint density at radius 3 is 2.87 bits per heavy atom. The van der Waals surface area contributed by atoms with Crippen LogP contribution in [0.4, 0.5) is 0 Å². The van der Waals surface area contributed by atoms with Crippen molar-refractivity contribution in [1.29, 1.82) is 0 Å². The molecule has 3 aromatic rings. The van der Waals surface area contributed by atoms with Gasteiger partial charge in [-0.2, -0.15) is 0 Å². The van der Waals surface area contributed by atoms with Crippen LogP contribution in [0.2, 0.25) is 0 Å². The lowest BCUT2D eigenvalue weighted by Crippen LogP contribution is -2.40. The molecule has 0 radical (unpaired) electrons. The molecule has 5 heterocycles. The Morgan fingerprint density at radius 2 is 2.10 bits per heavy atom. The van der Waals surface area contributed by atoms with E-state index < -0.39 is 0 Å². The molecule has 1 fully saturated rings. The van der Waals surface area contributed by atoms with Gasteiger partial charge in [0.25, 0.3) is 17.4 Å². The number of carbonyl (C=O) groups excluding carboxylic acids is 2. The van der Waals surface area contributed by atoms with Crippen LogP contribution in [0.5, 0.6) is 0 Å². The molecule has 2 aliphatic heterocycles. The van der Waals surface area contributed by atoms with E-state index in [1.807, 2.05) is 11.4 Å². The molecule has 3 aromatic heterocycles. The Labute approximate surface area is 181 Å². The summed E-state index contributed by atoms with van der Waals surface area (Å²) in [5.74, 6) is 0.209. The minimum Gasteiger partial charge on any atom is -0.333 e. The van der Waals surface area contributed by atoms with E-state index in [-0.39, 0.29) is 35.7 Å². The summed E-state index contributed by atoms with van der Waals surface area (Å²) >= 11 is 1.39. The SMILES string of the molecule is O=C(c1cccs1)N1CCc2nc(C3CCCN3C(=O)c3cnccn3)[nH]c(=O)c2C1. The molecule has 9 nitrogen and oxygen atoms in total. The summed E-state index contributed by atoms with van der Waals surface area (Å²) in [6.45, 7) is 1.32. The average molecular weight is 436 g/mol. The van der Waals surface area contributed by atoms with E-state index in [9.17, 15) is 14.4 Å². The van der Waals surface area contributed by atoms with Gasteiger partial charge >= 0.3 is 0 Å². The van der Waals surface area contributed by atoms with E-state index in [0.717, 1.165) is 12.8 Å². The van der Waals surface area contributed by atoms with Crippen LogP contribution in [-0.2, 0) is 13.0 Å². The van der Waals surface area contributed by atoms with Gasteiger partial charge in [0, 0.05) is 31.9 Å². The normalized spacial score (nSPS) is 18.1. The summed E-state index contributed by atoms with van der Waals surface area (Å²) in [6, 6.07) is 3.32. The van der Waals surface area contributed by atoms with Gasteiger partial charge in [0.05, 0.1) is 34.9 Å². The summed E-state index contributed by atoms with van der Waals surface area (Å²) in [4.78, 5) is 58.2. The third-order valence-electron chi connectivity index (χ3n) is 5.72. The van der Waals surface area contributed by atoms with Crippen molar-refractivity contribution in [3.05, 3.63) is 74.1 Å². The fraction of sp³-hybridized carbons (Fsp3) is 0.333. The number of amides is 2. The topological polar surface area (TPSA) is 112 Å². The number of H-pyrrole nitrogens is 1. The highest BCUT2D eigenvalue weighted by molar-refractivity contribution is 7.12. The van der Waals surface area contributed by atoms with Gasteiger partial charge in [-0.05, 0) is 24.3 Å². The van der Waals surface area contributed by atoms with Crippen LogP contribution >= 0.6 is 11.3 Å². The zero-order valence-corrected chi connectivity index (χ0v) is 17.5. The summed E-state index contributed by atoms with van der Waals surface area (Å²) < 4.78 is 0. The van der Waals surface area contributed by atoms with Crippen molar-refractivity contribution < 1.29 is 9.59 Å². The molecule has 0 aliphatic carbocycles. The molecule has 2 aliphatic rings. The molecular formula is C21H20N6O3S. The second-order valence-corrected chi connectivity index (χ2v) is 8.53. The monoisotopic (exact) mass is 436 g/mol. The number of hydrogen-bond acceptors (Lipinski definition) is 7. The number of aromatic amines is 1. The average Bonchev–Trinajstić information content (AvgIpc) is 3.51. The number of likely N-dealkylation sites (tertiary alicyclic amines) is 1. The Kier molecular flexibility index (Phi) is 5.06. The quantitative estimate of drug-likeness (QED) is 0.670. The number of rotatable bonds is 3. The van der Waals surface area contributed by atoms with Crippen molar-refractivity contribution in [1.82, 2.24) is 29.7 Å². The molecule has 10 heteroatoms. The van der Waals surface area contributed by atoms with Gasteiger partial charge < -0.3 is 14.8 Å². The van der Waals surface area contributed by atoms with Crippen molar-refractivity contribution in [3.8, 4) is 0 Å². The molecule has 0 saturated carbocycles. The first kappa shape index (κ1) is 19.6. The molecule has 0 bridgehead atoms. The van der Waals surface area contributed by atoms with Crippen LogP contribution in [0.1, 0.15) is 56.1 Å². The van der Waals surface area contributed by atoms with E-state index in [0.29, 0.717) is 41.5 Å². The Balaban J connectivity index is 1.40. The number of nitrogens with zero attached hydrogens (tertiary/aromatic N) is 5. The maximum atomic E-state index is 12.9. The molecule has 158 valence electrons. The van der Waals surface area contributed by atoms with Gasteiger partial charge in [-0.15, -0.1) is 11.3 Å². The summed E-state index contributed by atoms with van der Waals surface area (Å²) in [7, 11) is 0. The van der Waals surface area contributed by atoms with Crippen LogP contribution in [0.3, 0.4) is 0 Å². The van der Waals surface area contributed by atoms with Gasteiger partial charge in [-0.1, -0.05) is 6.07 Å². The van der Waals surface area contributed by atoms with Crippen LogP contribution < -0.4 is 5.56 Å². The molecule has 0 aromatic carbocycles. The number of fused-ring (bicyclic) bond motifs is 1. The van der Waals surface area contributed by atoms with E-state index in [1.165, 1.54) is 29.9 Å². The van der Waals surface area contributed by atoms with Crippen molar-refractivity contribution >= 4 is 23.2 Å². The number of carbonyl (C=O) groups is 2. The largest absolute Gasteiger partial charge is 0.333 e. The molecule has 1 atom stereocenters. The minimum atomic E-state index is -0.307. The standard InChI is InChI=1S/C21H20N6O3S/c28-19-13-12-26(21(30)17-4-2-10-31-17)9-5-14(13)24-18(25-19)16-3-1-8-27(16)20(29)15-11-22-6-7-23-15/h2,4,6-7,10-11,16H,1,3,5,8-9,12H2,(H,24,25,28). The van der Waals surface area contributed by atoms with Gasteiger partial charge in [-0.25, -0.2) is 9.97 Å². The van der Waals surface area contributed by atoms with Crippen LogP contribution in [0.25, 0.3) is 0 Å². The molecular weight excluding hydrogens is 416 g/mol. The van der Waals surface area contributed by atoms with E-state index >= 15 is 0 Å². The third-order valence-corrected chi connectivity index (χ3v) is 6.58. The Hall–Kier alpha value is -3.40. The molecule has 1 saturated heterocycles. The fourth-order valence-corrected chi connectivity index (χ4v) is 4.87. The Bertz CT molecular complexity index is 1180. The minimum absolute atomic E-state index is 0.0688. The second-order valence-electron chi connectivity index (χ2n) is 7.58. The van der Waals surface area contributed by atoms with Crippen molar-refractivity contribution in [2.45, 2.75) is 31.8 Å². The first-order valence-corrected chi connectivity index (χ1v) is 11.0. The highest BCUT2D eigenvalue weighted by Gasteiger charge is 2.34. The molecule has 5 rings (SSSR count). The first-order chi connectivity index (χ1) is 15.1. The summed E-state index contributed by atoms with van der Waals surface area (Å²) in [5.41, 5.74) is 1.25. The number of aromatic nitrogens is 4. The van der Waals surface area contributed by atoms with Crippen LogP contribution in [-0.4, -0.2) is 54.6 Å². The van der Waals surface area contributed by atoms with Crippen molar-refractivity contribution in [3.63, 3.8) is 0 Å². The maximum absolute atomic E-state index is 12.9. The molecule has 1 N–H and O–H groups in total. The molecule has 31 heavy (non-hydrogen) atoms. The van der Waals surface area contributed by atoms with Crippen LogP contribution in [0, 0.1) is 0 Å². The lowest BCUT2D eigenvalue weighted by Gasteiger charge is -2.29. The smallest absolute Gasteiger partial charge is 0.274 e. The van der Waals surface area contributed by atoms with Gasteiger partial charge in [0.1, 0.15) is 11.5 Å². The number of hydrogen-bond donors (Lipinski definition) is 1. The number of nitrogens with one attached hydrogen (secondary N) is 1. The van der Waals surface area contributed by atoms with Gasteiger partial charge in [-0.3, -0.25) is 19.4 Å². The first-order valence-electron chi connectivity index (χ1n) is 10.1. The lowest BCUT2D eigenvalue weighted by molar-refractivity contribution is 0.0714. The predicted molar refractivity (Wildman–Crippen MR) is 113 cm³/mol. The molecule has 0 spiro atoms. The van der Waals surface area contributed by atoms with E-state index in [1.54, 1.807) is 15.9 Å². The zero-order chi connectivity index (χ0) is 21.4. The second kappa shape index (κ2) is 8.03. The van der Waals surface area contributed by atoms with E-state index in [2.05, 4.69) is 15.0 Å². The fourth-order valence-electron chi connectivity index (χ4n) is 4.18. The Morgan fingerprint density at radius 1 is 1.19 bits per heavy atom. The van der Waals surface area contributed by atoms with Crippen molar-refractivity contribution in [2.24, 2.45) is 0 Å². The van der Waals surface area contributed by atoms with Gasteiger partial charge in [0.15, 0.2) is 0 Å². The highest BCUT2D eigenvalue weighted by atomic mass is 32.1. The lowest BCUT2D eigenvalue weighted by atomic mass is 10.1. The maximum Gasteiger partial charge on any atom is 0.274 e. The molecule has 1 unspecified atom stereocenters. The van der Waals surface area contributed by atoms with E-state index in [4.69, 9.17) is 4.98 Å².